The number of nitrogens with two attached hydrogens (primary N) is 2. The minimum absolute atomic E-state index is 0.000778. The summed E-state index contributed by atoms with van der Waals surface area (Å²) in [5.74, 6) is -2.52. The van der Waals surface area contributed by atoms with E-state index in [1.807, 2.05) is 0 Å². The summed E-state index contributed by atoms with van der Waals surface area (Å²) in [6.07, 6.45) is -0.000778. The van der Waals surface area contributed by atoms with Crippen LogP contribution in [0.25, 0.3) is 11.1 Å². The zero-order valence-corrected chi connectivity index (χ0v) is 26.5. The summed E-state index contributed by atoms with van der Waals surface area (Å²) in [5.41, 5.74) is 13.6. The second kappa shape index (κ2) is 16.9. The number of rotatable bonds is 12. The molecule has 0 saturated carbocycles. The molecule has 0 saturated heterocycles. The fraction of sp³-hybridized carbons (Fsp3) is 0.467. The molecule has 4 bridgehead atoms. The highest BCUT2D eigenvalue weighted by molar-refractivity contribution is 6.43. The zero-order valence-electron chi connectivity index (χ0n) is 26.5. The number of carbonyl (C=O) groups excluding carboxylic acids is 4. The molecule has 4 amide bonds. The molecule has 250 valence electrons. The van der Waals surface area contributed by atoms with Crippen LogP contribution in [0, 0.1) is 0 Å². The second-order valence-corrected chi connectivity index (χ2v) is 11.0. The Hall–Kier alpha value is -4.22. The fourth-order valence-corrected chi connectivity index (χ4v) is 4.90. The van der Waals surface area contributed by atoms with Gasteiger partial charge in [0.05, 0.1) is 12.5 Å². The Morgan fingerprint density at radius 1 is 1.02 bits per heavy atom. The highest BCUT2D eigenvalue weighted by atomic mass is 16.5. The van der Waals surface area contributed by atoms with Crippen molar-refractivity contribution in [1.29, 1.82) is 0 Å². The minimum Gasteiger partial charge on any atom is -0.492 e. The maximum Gasteiger partial charge on any atom is 0.475 e. The lowest BCUT2D eigenvalue weighted by Crippen LogP contribution is -2.57. The number of carbonyl (C=O) groups is 4. The average Bonchev–Trinajstić information content (AvgIpc) is 3.02. The van der Waals surface area contributed by atoms with Crippen molar-refractivity contribution in [2.75, 3.05) is 46.9 Å². The molecule has 1 heterocycles. The molecule has 1 aliphatic heterocycles. The average molecular weight is 642 g/mol. The number of likely N-dealkylation sites (N-methyl/N-ethyl adjacent to an activating group) is 2. The summed E-state index contributed by atoms with van der Waals surface area (Å²) >= 11 is 0. The van der Waals surface area contributed by atoms with Gasteiger partial charge in [-0.1, -0.05) is 12.1 Å². The molecule has 0 radical (unpaired) electrons. The fourth-order valence-electron chi connectivity index (χ4n) is 4.90. The van der Waals surface area contributed by atoms with Gasteiger partial charge >= 0.3 is 7.12 Å². The van der Waals surface area contributed by atoms with Crippen molar-refractivity contribution in [3.05, 3.63) is 47.5 Å². The summed E-state index contributed by atoms with van der Waals surface area (Å²) in [4.78, 5) is 54.8. The van der Waals surface area contributed by atoms with Crippen LogP contribution in [0.1, 0.15) is 31.0 Å². The molecule has 0 aliphatic carbocycles. The normalized spacial score (nSPS) is 18.7. The van der Waals surface area contributed by atoms with Gasteiger partial charge in [0.15, 0.2) is 0 Å². The number of hydrogen-bond acceptors (Lipinski definition) is 11. The van der Waals surface area contributed by atoms with Crippen molar-refractivity contribution in [2.45, 2.75) is 44.3 Å². The molecule has 0 fully saturated rings. The predicted octanol–water partition coefficient (Wildman–Crippen LogP) is -2.19. The van der Waals surface area contributed by atoms with Gasteiger partial charge in [-0.3, -0.25) is 19.2 Å². The third kappa shape index (κ3) is 9.17. The quantitative estimate of drug-likeness (QED) is 0.116. The molecule has 0 aromatic heterocycles. The molecule has 15 nitrogen and oxygen atoms in total. The van der Waals surface area contributed by atoms with E-state index in [0.29, 0.717) is 33.8 Å². The highest BCUT2D eigenvalue weighted by Gasteiger charge is 2.33. The van der Waals surface area contributed by atoms with Crippen LogP contribution in [-0.2, 0) is 25.6 Å². The van der Waals surface area contributed by atoms with Crippen molar-refractivity contribution in [1.82, 2.24) is 26.2 Å². The molecular weight excluding hydrogens is 597 g/mol. The lowest BCUT2D eigenvalue weighted by molar-refractivity contribution is -0.139. The van der Waals surface area contributed by atoms with Crippen LogP contribution in [0.5, 0.6) is 11.5 Å². The van der Waals surface area contributed by atoms with Gasteiger partial charge in [0.1, 0.15) is 42.8 Å². The van der Waals surface area contributed by atoms with E-state index in [9.17, 15) is 29.2 Å². The molecule has 4 atom stereocenters. The molecule has 10 N–H and O–H groups in total. The van der Waals surface area contributed by atoms with Crippen LogP contribution in [-0.4, -0.2) is 111 Å². The largest absolute Gasteiger partial charge is 0.492 e. The number of nitrogens with zero attached hydrogens (tertiary/aromatic N) is 1. The Labute approximate surface area is 268 Å². The van der Waals surface area contributed by atoms with Gasteiger partial charge in [-0.05, 0) is 56.3 Å². The van der Waals surface area contributed by atoms with Crippen LogP contribution in [0.3, 0.4) is 0 Å². The SMILES string of the molecule is CNCC(=O)N(C)C1C(=O)N[C@@H](C)C(=O)NC(C(=O)N[C@@H](C)B(O)O)Cc2ccc(OCCN)c(c2)-c2cc1ccc2OCCN. The van der Waals surface area contributed by atoms with E-state index >= 15 is 0 Å². The minimum atomic E-state index is -1.83. The Morgan fingerprint density at radius 2 is 1.63 bits per heavy atom. The van der Waals surface area contributed by atoms with E-state index in [2.05, 4.69) is 21.3 Å². The Morgan fingerprint density at radius 3 is 2.22 bits per heavy atom. The lowest BCUT2D eigenvalue weighted by Gasteiger charge is -2.30. The predicted molar refractivity (Wildman–Crippen MR) is 171 cm³/mol. The summed E-state index contributed by atoms with van der Waals surface area (Å²) in [7, 11) is 1.27. The standard InChI is InChI=1S/C30H44BN7O8/c1-17-28(40)37-23(29(41)36-18(2)31(43)44)14-19-5-7-24(45-11-9-32)21(13-19)22-15-20(6-8-25(22)46-12-10-33)27(30(42)35-17)38(4)26(39)16-34-3/h5-8,13,15,17-18,23,27,34,43-44H,9-12,14,16,32-33H2,1-4H3,(H,35,42)(H,36,41)(H,37,40)/t17-,18-,23?,27?/m0/s1. The third-order valence-corrected chi connectivity index (χ3v) is 7.40. The highest BCUT2D eigenvalue weighted by Crippen LogP contribution is 2.40. The second-order valence-electron chi connectivity index (χ2n) is 11.0. The van der Waals surface area contributed by atoms with Crippen LogP contribution >= 0.6 is 0 Å². The number of ether oxygens (including phenoxy) is 2. The Balaban J connectivity index is 2.28. The molecule has 2 unspecified atom stereocenters. The first-order chi connectivity index (χ1) is 21.9. The van der Waals surface area contributed by atoms with E-state index in [4.69, 9.17) is 20.9 Å². The van der Waals surface area contributed by atoms with Gasteiger partial charge in [0, 0.05) is 37.7 Å². The zero-order chi connectivity index (χ0) is 34.0. The summed E-state index contributed by atoms with van der Waals surface area (Å²) < 4.78 is 12.0. The van der Waals surface area contributed by atoms with Crippen LogP contribution in [0.15, 0.2) is 36.4 Å². The molecule has 2 aromatic rings. The van der Waals surface area contributed by atoms with Crippen molar-refractivity contribution in [3.63, 3.8) is 0 Å². The number of hydrogen-bond donors (Lipinski definition) is 8. The molecule has 2 aromatic carbocycles. The molecule has 46 heavy (non-hydrogen) atoms. The number of amides is 4. The molecule has 16 heteroatoms. The first kappa shape index (κ1) is 36.3. The first-order valence-electron chi connectivity index (χ1n) is 15.0. The van der Waals surface area contributed by atoms with E-state index in [1.54, 1.807) is 43.4 Å². The van der Waals surface area contributed by atoms with Gasteiger partial charge in [0.25, 0.3) is 0 Å². The maximum absolute atomic E-state index is 13.8. The molecule has 0 spiro atoms. The Kier molecular flexibility index (Phi) is 13.3. The lowest BCUT2D eigenvalue weighted by atomic mass is 9.81. The smallest absolute Gasteiger partial charge is 0.475 e. The van der Waals surface area contributed by atoms with Gasteiger partial charge in [0.2, 0.25) is 23.6 Å². The summed E-state index contributed by atoms with van der Waals surface area (Å²) in [6.45, 7) is 3.67. The van der Waals surface area contributed by atoms with Crippen molar-refractivity contribution >= 4 is 30.7 Å². The van der Waals surface area contributed by atoms with Gasteiger partial charge < -0.3 is 57.2 Å². The van der Waals surface area contributed by atoms with Gasteiger partial charge in [-0.2, -0.15) is 0 Å². The molecule has 1 aliphatic rings. The summed E-state index contributed by atoms with van der Waals surface area (Å²) in [5, 5.41) is 29.7. The summed E-state index contributed by atoms with van der Waals surface area (Å²) in [6, 6.07) is 6.83. The van der Waals surface area contributed by atoms with Crippen LogP contribution in [0.2, 0.25) is 0 Å². The van der Waals surface area contributed by atoms with Crippen LogP contribution in [0.4, 0.5) is 0 Å². The number of nitrogens with one attached hydrogen (secondary N) is 4. The third-order valence-electron chi connectivity index (χ3n) is 7.40. The van der Waals surface area contributed by atoms with E-state index in [1.165, 1.54) is 25.8 Å². The van der Waals surface area contributed by atoms with Crippen molar-refractivity contribution in [3.8, 4) is 22.6 Å². The van der Waals surface area contributed by atoms with Gasteiger partial charge in [-0.15, -0.1) is 0 Å². The topological polar surface area (TPSA) is 231 Å². The monoisotopic (exact) mass is 641 g/mol. The number of fused-ring (bicyclic) bond motifs is 5. The molecule has 3 rings (SSSR count). The Bertz CT molecular complexity index is 1400. The van der Waals surface area contributed by atoms with E-state index < -0.39 is 48.9 Å². The van der Waals surface area contributed by atoms with Gasteiger partial charge in [-0.25, -0.2) is 0 Å². The van der Waals surface area contributed by atoms with Crippen LogP contribution < -0.4 is 42.2 Å². The molecular formula is C30H44BN7O8. The first-order valence-corrected chi connectivity index (χ1v) is 15.0. The number of benzene rings is 2. The van der Waals surface area contributed by atoms with Crippen molar-refractivity contribution in [2.24, 2.45) is 11.5 Å². The van der Waals surface area contributed by atoms with E-state index in [-0.39, 0.29) is 45.2 Å². The van der Waals surface area contributed by atoms with Crippen molar-refractivity contribution < 1.29 is 38.7 Å². The maximum atomic E-state index is 13.8. The van der Waals surface area contributed by atoms with E-state index in [0.717, 1.165) is 0 Å².